The topological polar surface area (TPSA) is 212 Å². The van der Waals surface area contributed by atoms with Crippen LogP contribution in [0.1, 0.15) is 54.9 Å². The predicted octanol–water partition coefficient (Wildman–Crippen LogP) is -0.0839. The summed E-state index contributed by atoms with van der Waals surface area (Å²) in [5.74, 6) is -6.37. The van der Waals surface area contributed by atoms with Crippen molar-refractivity contribution in [1.82, 2.24) is 0 Å². The van der Waals surface area contributed by atoms with Gasteiger partial charge in [0.25, 0.3) is 0 Å². The highest BCUT2D eigenvalue weighted by molar-refractivity contribution is 5.69. The van der Waals surface area contributed by atoms with Gasteiger partial charge in [-0.15, -0.1) is 0 Å². The Kier molecular flexibility index (Phi) is 14.1. The van der Waals surface area contributed by atoms with Gasteiger partial charge >= 0.3 is 41.8 Å². The lowest BCUT2D eigenvalue weighted by molar-refractivity contribution is -0.299. The van der Waals surface area contributed by atoms with E-state index in [1.165, 1.54) is 7.11 Å². The molecule has 0 aromatic heterocycles. The molecule has 0 amide bonds. The predicted molar refractivity (Wildman–Crippen MR) is 143 cm³/mol. The third kappa shape index (κ3) is 11.2. The number of ether oxygens (including phenoxy) is 10. The van der Waals surface area contributed by atoms with Crippen LogP contribution >= 0.6 is 0 Å². The van der Waals surface area contributed by atoms with Crippen LogP contribution in [0, 0.1) is 5.92 Å². The first kappa shape index (κ1) is 37.4. The van der Waals surface area contributed by atoms with Crippen LogP contribution in [0.5, 0.6) is 0 Å². The van der Waals surface area contributed by atoms with Crippen molar-refractivity contribution in [1.29, 1.82) is 0 Å². The van der Waals surface area contributed by atoms with Gasteiger partial charge in [0.2, 0.25) is 0 Å². The molecule has 0 bridgehead atoms. The minimum atomic E-state index is -1.46. The molecule has 17 nitrogen and oxygen atoms in total. The zero-order valence-corrected chi connectivity index (χ0v) is 26.3. The maximum Gasteiger partial charge on any atom is 0.303 e. The number of methoxy groups -OCH3 is 1. The molecule has 0 unspecified atom stereocenters. The Morgan fingerprint density at radius 2 is 0.867 bits per heavy atom. The van der Waals surface area contributed by atoms with Crippen LogP contribution in [0.3, 0.4) is 0 Å². The van der Waals surface area contributed by atoms with Crippen molar-refractivity contribution in [2.75, 3.05) is 20.3 Å². The molecule has 2 aliphatic heterocycles. The molecule has 2 fully saturated rings. The zero-order valence-electron chi connectivity index (χ0n) is 26.3. The lowest BCUT2D eigenvalue weighted by Crippen LogP contribution is -2.64. The molecule has 0 aromatic carbocycles. The third-order valence-electron chi connectivity index (χ3n) is 6.68. The number of rotatable bonds is 12. The maximum absolute atomic E-state index is 12.3. The Labute approximate surface area is 259 Å². The molecule has 0 saturated carbocycles. The largest absolute Gasteiger partial charge is 0.463 e. The summed E-state index contributed by atoms with van der Waals surface area (Å²) >= 11 is 0. The quantitative estimate of drug-likeness (QED) is 0.200. The first-order valence-corrected chi connectivity index (χ1v) is 14.0. The summed E-state index contributed by atoms with van der Waals surface area (Å²) in [4.78, 5) is 84.3. The number of hydrogen-bond acceptors (Lipinski definition) is 17. The third-order valence-corrected chi connectivity index (χ3v) is 6.68. The fourth-order valence-electron chi connectivity index (χ4n) is 5.23. The van der Waals surface area contributed by atoms with Gasteiger partial charge in [0.05, 0.1) is 6.10 Å². The smallest absolute Gasteiger partial charge is 0.303 e. The summed E-state index contributed by atoms with van der Waals surface area (Å²) in [6.45, 7) is 6.94. The normalized spacial score (nSPS) is 31.0. The Morgan fingerprint density at radius 1 is 0.467 bits per heavy atom. The molecule has 2 rings (SSSR count). The maximum atomic E-state index is 12.3. The van der Waals surface area contributed by atoms with Crippen molar-refractivity contribution >= 4 is 41.8 Å². The Morgan fingerprint density at radius 3 is 1.31 bits per heavy atom. The highest BCUT2D eigenvalue weighted by Gasteiger charge is 2.56. The lowest BCUT2D eigenvalue weighted by Gasteiger charge is -2.48. The van der Waals surface area contributed by atoms with Crippen molar-refractivity contribution in [3.63, 3.8) is 0 Å². The van der Waals surface area contributed by atoms with Crippen LogP contribution in [-0.4, -0.2) is 117 Å². The molecule has 0 spiro atoms. The number of carbonyl (C=O) groups excluding carboxylic acids is 7. The van der Waals surface area contributed by atoms with E-state index in [1.54, 1.807) is 0 Å². The average molecular weight is 649 g/mol. The zero-order chi connectivity index (χ0) is 34.0. The lowest BCUT2D eigenvalue weighted by atomic mass is 9.81. The number of carbonyl (C=O) groups is 7. The van der Waals surface area contributed by atoms with Crippen molar-refractivity contribution in [3.8, 4) is 0 Å². The van der Waals surface area contributed by atoms with E-state index in [2.05, 4.69) is 0 Å². The first-order valence-electron chi connectivity index (χ1n) is 14.0. The van der Waals surface area contributed by atoms with E-state index in [-0.39, 0.29) is 13.0 Å². The van der Waals surface area contributed by atoms with Crippen molar-refractivity contribution in [2.45, 2.75) is 110 Å². The summed E-state index contributed by atoms with van der Waals surface area (Å²) in [5, 5.41) is 0. The van der Waals surface area contributed by atoms with Gasteiger partial charge in [-0.3, -0.25) is 33.6 Å². The van der Waals surface area contributed by atoms with E-state index in [9.17, 15) is 33.6 Å². The summed E-state index contributed by atoms with van der Waals surface area (Å²) in [6, 6.07) is 0. The van der Waals surface area contributed by atoms with Gasteiger partial charge in [-0.25, -0.2) is 0 Å². The standard InChI is InChI=1S/C28H40O17/c1-12(29)37-10-21-19(23(39-14(3)31)27(43-18(7)35)28(36-8)45-21)9-20-24(40-15(4)32)26(42-17(6)34)25(41-16(5)33)22(44-20)11-38-13(2)30/h19-28H,9-11H2,1-8H3/t19-,20+,21-,22-,23+,24+,25-,26-,27-,28+/m1/s1. The van der Waals surface area contributed by atoms with Gasteiger partial charge in [-0.05, 0) is 6.42 Å². The Hall–Kier alpha value is -3.83. The average Bonchev–Trinajstić information content (AvgIpc) is 2.90. The van der Waals surface area contributed by atoms with Crippen LogP contribution in [0.4, 0.5) is 0 Å². The van der Waals surface area contributed by atoms with E-state index in [4.69, 9.17) is 47.4 Å². The molecule has 2 saturated heterocycles. The van der Waals surface area contributed by atoms with Gasteiger partial charge in [-0.1, -0.05) is 0 Å². The summed E-state index contributed by atoms with van der Waals surface area (Å²) in [5.41, 5.74) is 0. The van der Waals surface area contributed by atoms with Crippen LogP contribution in [0.2, 0.25) is 0 Å². The number of esters is 7. The molecule has 45 heavy (non-hydrogen) atoms. The monoisotopic (exact) mass is 648 g/mol. The van der Waals surface area contributed by atoms with E-state index in [0.717, 1.165) is 48.5 Å². The van der Waals surface area contributed by atoms with Gasteiger partial charge in [-0.2, -0.15) is 0 Å². The van der Waals surface area contributed by atoms with E-state index in [1.807, 2.05) is 0 Å². The van der Waals surface area contributed by atoms with E-state index < -0.39 is 109 Å². The second-order valence-corrected chi connectivity index (χ2v) is 10.4. The summed E-state index contributed by atoms with van der Waals surface area (Å²) < 4.78 is 55.4. The second kappa shape index (κ2) is 17.0. The Balaban J connectivity index is 2.69. The molecule has 0 radical (unpaired) electrons. The molecule has 254 valence electrons. The van der Waals surface area contributed by atoms with Crippen molar-refractivity contribution in [3.05, 3.63) is 0 Å². The summed E-state index contributed by atoms with van der Waals surface area (Å²) in [6.07, 6.45) is -12.0. The number of hydrogen-bond donors (Lipinski definition) is 0. The van der Waals surface area contributed by atoms with Crippen molar-refractivity contribution in [2.24, 2.45) is 5.92 Å². The van der Waals surface area contributed by atoms with Crippen LogP contribution in [0.15, 0.2) is 0 Å². The molecule has 10 atom stereocenters. The van der Waals surface area contributed by atoms with Crippen molar-refractivity contribution < 1.29 is 80.9 Å². The Bertz CT molecular complexity index is 1100. The molecule has 17 heteroatoms. The molecule has 0 aliphatic carbocycles. The highest BCUT2D eigenvalue weighted by Crippen LogP contribution is 2.39. The molecule has 2 aliphatic rings. The van der Waals surface area contributed by atoms with Gasteiger partial charge in [0, 0.05) is 61.5 Å². The van der Waals surface area contributed by atoms with Gasteiger partial charge in [0.1, 0.15) is 31.5 Å². The molecular formula is C28H40O17. The van der Waals surface area contributed by atoms with Crippen LogP contribution in [0.25, 0.3) is 0 Å². The minimum absolute atomic E-state index is 0.253. The van der Waals surface area contributed by atoms with Gasteiger partial charge < -0.3 is 47.4 Å². The first-order chi connectivity index (χ1) is 21.0. The van der Waals surface area contributed by atoms with Crippen LogP contribution < -0.4 is 0 Å². The summed E-state index contributed by atoms with van der Waals surface area (Å²) in [7, 11) is 1.26. The molecular weight excluding hydrogens is 608 g/mol. The second-order valence-electron chi connectivity index (χ2n) is 10.4. The van der Waals surface area contributed by atoms with Gasteiger partial charge in [0.15, 0.2) is 30.7 Å². The minimum Gasteiger partial charge on any atom is -0.463 e. The van der Waals surface area contributed by atoms with E-state index in [0.29, 0.717) is 0 Å². The molecule has 2 heterocycles. The fourth-order valence-corrected chi connectivity index (χ4v) is 5.23. The highest BCUT2D eigenvalue weighted by atomic mass is 16.7. The SMILES string of the molecule is CO[C@H]1O[C@H](COC(C)=O)[C@@H](C[C@@H]2O[C@H](COC(C)=O)[C@@H](OC(C)=O)[C@H](OC(C)=O)[C@H]2OC(C)=O)[C@H](OC(C)=O)[C@H]1OC(C)=O. The molecule has 0 aromatic rings. The van der Waals surface area contributed by atoms with E-state index >= 15 is 0 Å². The fraction of sp³-hybridized carbons (Fsp3) is 0.750. The van der Waals surface area contributed by atoms with Crippen LogP contribution in [-0.2, 0) is 80.9 Å². The molecule has 0 N–H and O–H groups in total.